The van der Waals surface area contributed by atoms with Crippen molar-refractivity contribution in [1.82, 2.24) is 4.90 Å². The highest BCUT2D eigenvalue weighted by Crippen LogP contribution is 2.23. The van der Waals surface area contributed by atoms with Crippen LogP contribution in [0.5, 0.6) is 0 Å². The van der Waals surface area contributed by atoms with Crippen LogP contribution in [0.25, 0.3) is 0 Å². The molecule has 31 heavy (non-hydrogen) atoms. The molecule has 166 valence electrons. The molecule has 8 heteroatoms. The predicted molar refractivity (Wildman–Crippen MR) is 118 cm³/mol. The molecule has 0 aromatic heterocycles. The third kappa shape index (κ3) is 5.07. The lowest BCUT2D eigenvalue weighted by molar-refractivity contribution is -0.140. The average Bonchev–Trinajstić information content (AvgIpc) is 2.77. The minimum Gasteiger partial charge on any atom is -0.452 e. The molecule has 0 N–H and O–H groups in total. The van der Waals surface area contributed by atoms with Gasteiger partial charge in [-0.15, -0.1) is 0 Å². The minimum absolute atomic E-state index is 0.0578. The van der Waals surface area contributed by atoms with E-state index in [1.807, 2.05) is 19.9 Å². The first kappa shape index (κ1) is 22.8. The molecule has 0 radical (unpaired) electrons. The Morgan fingerprint density at radius 1 is 1.00 bits per heavy atom. The van der Waals surface area contributed by atoms with Crippen molar-refractivity contribution in [3.63, 3.8) is 0 Å². The van der Waals surface area contributed by atoms with E-state index < -0.39 is 16.0 Å². The van der Waals surface area contributed by atoms with E-state index in [-0.39, 0.29) is 35.1 Å². The van der Waals surface area contributed by atoms with Crippen LogP contribution >= 0.6 is 0 Å². The zero-order valence-electron chi connectivity index (χ0n) is 18.0. The van der Waals surface area contributed by atoms with Crippen LogP contribution in [-0.4, -0.2) is 50.9 Å². The lowest BCUT2D eigenvalue weighted by Crippen LogP contribution is -2.49. The summed E-state index contributed by atoms with van der Waals surface area (Å²) in [5.41, 5.74) is 0.722. The molecular formula is C23H28N2O5S. The molecule has 1 aliphatic heterocycles. The third-order valence-corrected chi connectivity index (χ3v) is 7.48. The number of carbonyl (C=O) groups is 2. The Bertz CT molecular complexity index is 1010. The summed E-state index contributed by atoms with van der Waals surface area (Å²) in [6.45, 7) is 3.67. The summed E-state index contributed by atoms with van der Waals surface area (Å²) in [6, 6.07) is 14.5. The first-order valence-corrected chi connectivity index (χ1v) is 11.8. The maximum atomic E-state index is 12.8. The fraction of sp³-hybridized carbons (Fsp3) is 0.391. The molecule has 0 spiro atoms. The van der Waals surface area contributed by atoms with E-state index >= 15 is 0 Å². The van der Waals surface area contributed by atoms with Crippen LogP contribution in [0.2, 0.25) is 0 Å². The molecule has 2 aromatic carbocycles. The van der Waals surface area contributed by atoms with Gasteiger partial charge in [-0.2, -0.15) is 0 Å². The average molecular weight is 445 g/mol. The maximum Gasteiger partial charge on any atom is 0.338 e. The number of hydrogen-bond acceptors (Lipinski definition) is 5. The van der Waals surface area contributed by atoms with Gasteiger partial charge in [-0.25, -0.2) is 13.2 Å². The summed E-state index contributed by atoms with van der Waals surface area (Å²) >= 11 is 0. The van der Waals surface area contributed by atoms with Crippen molar-refractivity contribution >= 4 is 27.6 Å². The van der Waals surface area contributed by atoms with Crippen molar-refractivity contribution < 1.29 is 22.7 Å². The van der Waals surface area contributed by atoms with Crippen molar-refractivity contribution in [2.75, 3.05) is 18.0 Å². The first-order chi connectivity index (χ1) is 14.7. The number of piperidine rings is 1. The van der Waals surface area contributed by atoms with Gasteiger partial charge in [0.2, 0.25) is 0 Å². The van der Waals surface area contributed by atoms with Crippen LogP contribution in [0.4, 0.5) is 5.69 Å². The van der Waals surface area contributed by atoms with E-state index in [4.69, 9.17) is 4.74 Å². The van der Waals surface area contributed by atoms with Crippen molar-refractivity contribution in [3.05, 3.63) is 60.2 Å². The van der Waals surface area contributed by atoms with E-state index in [9.17, 15) is 18.0 Å². The van der Waals surface area contributed by atoms with Crippen LogP contribution < -0.4 is 4.31 Å². The number of carbonyl (C=O) groups excluding carboxylic acids is 2. The Labute approximate surface area is 183 Å². The third-order valence-electron chi connectivity index (χ3n) is 5.68. The monoisotopic (exact) mass is 444 g/mol. The van der Waals surface area contributed by atoms with Gasteiger partial charge in [-0.05, 0) is 69.5 Å². The van der Waals surface area contributed by atoms with E-state index in [1.165, 1.54) is 35.6 Å². The van der Waals surface area contributed by atoms with E-state index in [2.05, 4.69) is 0 Å². The van der Waals surface area contributed by atoms with Crippen LogP contribution in [-0.2, 0) is 19.6 Å². The van der Waals surface area contributed by atoms with Crippen molar-refractivity contribution in [2.45, 2.75) is 50.1 Å². The summed E-state index contributed by atoms with van der Waals surface area (Å²) < 4.78 is 32.0. The Morgan fingerprint density at radius 3 is 2.16 bits per heavy atom. The van der Waals surface area contributed by atoms with Gasteiger partial charge in [0, 0.05) is 19.1 Å². The zero-order chi connectivity index (χ0) is 22.6. The van der Waals surface area contributed by atoms with E-state index in [0.717, 1.165) is 19.3 Å². The lowest BCUT2D eigenvalue weighted by atomic mass is 9.97. The molecule has 1 fully saturated rings. The number of benzene rings is 2. The van der Waals surface area contributed by atoms with Gasteiger partial charge in [0.25, 0.3) is 15.9 Å². The zero-order valence-corrected chi connectivity index (χ0v) is 18.8. The molecule has 1 heterocycles. The summed E-state index contributed by atoms with van der Waals surface area (Å²) in [7, 11) is -2.29. The molecule has 1 aliphatic rings. The number of rotatable bonds is 6. The normalized spacial score (nSPS) is 19.0. The number of sulfonamides is 1. The number of esters is 1. The molecule has 0 saturated carbocycles. The Morgan fingerprint density at radius 2 is 1.58 bits per heavy atom. The molecule has 2 atom stereocenters. The van der Waals surface area contributed by atoms with Crippen molar-refractivity contribution in [2.24, 2.45) is 0 Å². The number of anilines is 1. The SMILES string of the molecule is C[C@@H]1CCC[C@@H](C)N1C(=O)COC(=O)c1ccc(S(=O)(=O)N(C)c2ccccc2)cc1. The van der Waals surface area contributed by atoms with Gasteiger partial charge in [0.05, 0.1) is 16.1 Å². The van der Waals surface area contributed by atoms with E-state index in [0.29, 0.717) is 5.69 Å². The Kier molecular flexibility index (Phi) is 7.00. The Hall–Kier alpha value is -2.87. The van der Waals surface area contributed by atoms with Gasteiger partial charge < -0.3 is 9.64 Å². The minimum atomic E-state index is -3.77. The smallest absolute Gasteiger partial charge is 0.338 e. The summed E-state index contributed by atoms with van der Waals surface area (Å²) in [4.78, 5) is 26.7. The number of nitrogens with zero attached hydrogens (tertiary/aromatic N) is 2. The quantitative estimate of drug-likeness (QED) is 0.637. The summed E-state index contributed by atoms with van der Waals surface area (Å²) in [5.74, 6) is -0.872. The van der Waals surface area contributed by atoms with Gasteiger partial charge in [-0.3, -0.25) is 9.10 Å². The molecule has 1 amide bonds. The highest BCUT2D eigenvalue weighted by Gasteiger charge is 2.29. The molecule has 0 bridgehead atoms. The van der Waals surface area contributed by atoms with Gasteiger partial charge in [0.1, 0.15) is 0 Å². The number of hydrogen-bond donors (Lipinski definition) is 0. The second-order valence-electron chi connectivity index (χ2n) is 7.84. The summed E-state index contributed by atoms with van der Waals surface area (Å²) in [5, 5.41) is 0. The number of amides is 1. The van der Waals surface area contributed by atoms with Gasteiger partial charge in [0.15, 0.2) is 6.61 Å². The molecule has 0 aliphatic carbocycles. The van der Waals surface area contributed by atoms with Crippen molar-refractivity contribution in [1.29, 1.82) is 0 Å². The number of para-hydroxylation sites is 1. The second kappa shape index (κ2) is 9.51. The van der Waals surface area contributed by atoms with Crippen LogP contribution in [0, 0.1) is 0 Å². The second-order valence-corrected chi connectivity index (χ2v) is 9.81. The van der Waals surface area contributed by atoms with Gasteiger partial charge >= 0.3 is 5.97 Å². The van der Waals surface area contributed by atoms with Gasteiger partial charge in [-0.1, -0.05) is 18.2 Å². The fourth-order valence-corrected chi connectivity index (χ4v) is 5.09. The largest absolute Gasteiger partial charge is 0.452 e. The molecule has 3 rings (SSSR count). The van der Waals surface area contributed by atoms with Crippen molar-refractivity contribution in [3.8, 4) is 0 Å². The van der Waals surface area contributed by atoms with Crippen LogP contribution in [0.15, 0.2) is 59.5 Å². The lowest BCUT2D eigenvalue weighted by Gasteiger charge is -2.38. The Balaban J connectivity index is 1.64. The maximum absolute atomic E-state index is 12.8. The summed E-state index contributed by atoms with van der Waals surface area (Å²) in [6.07, 6.45) is 2.97. The molecule has 2 aromatic rings. The predicted octanol–water partition coefficient (Wildman–Crippen LogP) is 3.46. The first-order valence-electron chi connectivity index (χ1n) is 10.3. The highest BCUT2D eigenvalue weighted by atomic mass is 32.2. The highest BCUT2D eigenvalue weighted by molar-refractivity contribution is 7.92. The standard InChI is InChI=1S/C23H28N2O5S/c1-17-8-7-9-18(2)25(17)22(26)16-30-23(27)19-12-14-21(15-13-19)31(28,29)24(3)20-10-5-4-6-11-20/h4-6,10-15,17-18H,7-9,16H2,1-3H3/t17-,18-/m1/s1. The topological polar surface area (TPSA) is 84.0 Å². The number of likely N-dealkylation sites (tertiary alicyclic amines) is 1. The number of ether oxygens (including phenoxy) is 1. The van der Waals surface area contributed by atoms with E-state index in [1.54, 1.807) is 29.2 Å². The molecule has 0 unspecified atom stereocenters. The fourth-order valence-electron chi connectivity index (χ4n) is 3.90. The molecular weight excluding hydrogens is 416 g/mol. The molecule has 1 saturated heterocycles. The van der Waals surface area contributed by atoms with Crippen LogP contribution in [0.1, 0.15) is 43.5 Å². The van der Waals surface area contributed by atoms with Crippen LogP contribution in [0.3, 0.4) is 0 Å². The molecule has 7 nitrogen and oxygen atoms in total.